The second-order valence-corrected chi connectivity index (χ2v) is 10.3. The zero-order chi connectivity index (χ0) is 26.7. The second kappa shape index (κ2) is 10.5. The highest BCUT2D eigenvalue weighted by Gasteiger charge is 2.29. The molecule has 0 fully saturated rings. The molecule has 194 valence electrons. The number of ether oxygens (including phenoxy) is 1. The highest BCUT2D eigenvalue weighted by atomic mass is 32.2. The zero-order valence-corrected chi connectivity index (χ0v) is 21.1. The van der Waals surface area contributed by atoms with E-state index in [-0.39, 0.29) is 24.5 Å². The molecular weight excluding hydrogens is 498 g/mol. The van der Waals surface area contributed by atoms with Crippen molar-refractivity contribution in [2.24, 2.45) is 5.73 Å². The van der Waals surface area contributed by atoms with E-state index in [4.69, 9.17) is 10.5 Å². The molecule has 0 aliphatic carbocycles. The lowest BCUT2D eigenvalue weighted by Gasteiger charge is -2.20. The third-order valence-corrected chi connectivity index (χ3v) is 7.58. The topological polar surface area (TPSA) is 164 Å². The van der Waals surface area contributed by atoms with Gasteiger partial charge in [-0.25, -0.2) is 13.0 Å². The average Bonchev–Trinajstić information content (AvgIpc) is 3.24. The molecule has 12 heteroatoms. The third kappa shape index (κ3) is 5.07. The number of nitrogens with two attached hydrogens (primary N) is 1. The van der Waals surface area contributed by atoms with E-state index in [1.165, 1.54) is 11.6 Å². The molecule has 4 rings (SSSR count). The fraction of sp³-hybridized carbons (Fsp3) is 0.200. The number of nitrogens with zero attached hydrogens (tertiary/aromatic N) is 4. The van der Waals surface area contributed by atoms with Crippen LogP contribution in [0.4, 0.5) is 0 Å². The summed E-state index contributed by atoms with van der Waals surface area (Å²) in [5.41, 5.74) is 7.38. The molecule has 0 radical (unpaired) electrons. The fourth-order valence-electron chi connectivity index (χ4n) is 3.87. The molecule has 37 heavy (non-hydrogen) atoms. The van der Waals surface area contributed by atoms with Gasteiger partial charge in [-0.15, -0.1) is 5.10 Å². The van der Waals surface area contributed by atoms with Gasteiger partial charge in [0.2, 0.25) is 10.0 Å². The largest absolute Gasteiger partial charge is 0.507 e. The number of phenols is 2. The lowest BCUT2D eigenvalue weighted by Crippen LogP contribution is -2.27. The Labute approximate surface area is 214 Å². The summed E-state index contributed by atoms with van der Waals surface area (Å²) in [6.45, 7) is 2.33. The highest BCUT2D eigenvalue weighted by molar-refractivity contribution is 7.89. The summed E-state index contributed by atoms with van der Waals surface area (Å²) in [4.78, 5) is -0.456. The molecule has 0 saturated carbocycles. The van der Waals surface area contributed by atoms with Crippen molar-refractivity contribution in [1.82, 2.24) is 19.1 Å². The van der Waals surface area contributed by atoms with Crippen LogP contribution in [0.25, 0.3) is 17.1 Å². The molecule has 0 saturated heterocycles. The first-order chi connectivity index (χ1) is 17.6. The molecular formula is C25H27N5O6S. The van der Waals surface area contributed by atoms with Crippen LogP contribution in [0.15, 0.2) is 65.6 Å². The third-order valence-electron chi connectivity index (χ3n) is 5.75. The first-order valence-electron chi connectivity index (χ1n) is 11.3. The smallest absolute Gasteiger partial charge is 0.319 e. The van der Waals surface area contributed by atoms with Crippen LogP contribution in [0.1, 0.15) is 11.1 Å². The van der Waals surface area contributed by atoms with Gasteiger partial charge >= 0.3 is 6.01 Å². The minimum Gasteiger partial charge on any atom is -0.507 e. The average molecular weight is 526 g/mol. The van der Waals surface area contributed by atoms with E-state index in [0.717, 1.165) is 22.0 Å². The minimum atomic E-state index is -4.26. The summed E-state index contributed by atoms with van der Waals surface area (Å²) in [7, 11) is -2.90. The van der Waals surface area contributed by atoms with Gasteiger partial charge in [0.05, 0.1) is 11.3 Å². The molecule has 0 aliphatic rings. The monoisotopic (exact) mass is 525 g/mol. The molecule has 1 heterocycles. The SMILES string of the molecule is Cc1ccccc1-n1c(O)nnc1-c1cc(S(=O)(=O)N(C)Cc2ccccc2OCCN)c(O)cc1O. The summed E-state index contributed by atoms with van der Waals surface area (Å²) in [6.07, 6.45) is 0. The van der Waals surface area contributed by atoms with Crippen LogP contribution in [-0.4, -0.2) is 63.0 Å². The molecule has 3 aromatic carbocycles. The summed E-state index contributed by atoms with van der Waals surface area (Å²) < 4.78 is 35.0. The Hall–Kier alpha value is -4.13. The van der Waals surface area contributed by atoms with E-state index in [9.17, 15) is 23.7 Å². The maximum atomic E-state index is 13.5. The van der Waals surface area contributed by atoms with Crippen LogP contribution in [0.2, 0.25) is 0 Å². The molecule has 0 unspecified atom stereocenters. The first kappa shape index (κ1) is 25.9. The van der Waals surface area contributed by atoms with E-state index < -0.39 is 32.4 Å². The lowest BCUT2D eigenvalue weighted by atomic mass is 10.1. The normalized spacial score (nSPS) is 11.7. The van der Waals surface area contributed by atoms with Crippen molar-refractivity contribution in [2.75, 3.05) is 20.2 Å². The van der Waals surface area contributed by atoms with Crippen LogP contribution in [0.3, 0.4) is 0 Å². The van der Waals surface area contributed by atoms with Crippen molar-refractivity contribution in [3.63, 3.8) is 0 Å². The molecule has 0 bridgehead atoms. The van der Waals surface area contributed by atoms with Crippen molar-refractivity contribution in [3.8, 4) is 40.3 Å². The molecule has 11 nitrogen and oxygen atoms in total. The zero-order valence-electron chi connectivity index (χ0n) is 20.2. The van der Waals surface area contributed by atoms with Crippen molar-refractivity contribution in [2.45, 2.75) is 18.4 Å². The van der Waals surface area contributed by atoms with Crippen LogP contribution in [-0.2, 0) is 16.6 Å². The number of phenolic OH excluding ortho intramolecular Hbond substituents is 2. The number of aromatic hydroxyl groups is 3. The Kier molecular flexibility index (Phi) is 7.34. The minimum absolute atomic E-state index is 0.0102. The summed E-state index contributed by atoms with van der Waals surface area (Å²) in [5, 5.41) is 39.2. The summed E-state index contributed by atoms with van der Waals surface area (Å²) in [5.74, 6) is -0.606. The van der Waals surface area contributed by atoms with Crippen molar-refractivity contribution in [3.05, 3.63) is 71.8 Å². The van der Waals surface area contributed by atoms with Gasteiger partial charge in [0.25, 0.3) is 0 Å². The number of hydrogen-bond donors (Lipinski definition) is 4. The summed E-state index contributed by atoms with van der Waals surface area (Å²) >= 11 is 0. The number of benzene rings is 3. The van der Waals surface area contributed by atoms with Crippen molar-refractivity contribution in [1.29, 1.82) is 0 Å². The molecule has 5 N–H and O–H groups in total. The van der Waals surface area contributed by atoms with E-state index >= 15 is 0 Å². The van der Waals surface area contributed by atoms with Crippen molar-refractivity contribution >= 4 is 10.0 Å². The van der Waals surface area contributed by atoms with Gasteiger partial charge in [-0.1, -0.05) is 41.5 Å². The second-order valence-electron chi connectivity index (χ2n) is 8.29. The molecule has 0 spiro atoms. The van der Waals surface area contributed by atoms with Gasteiger partial charge < -0.3 is 25.8 Å². The Morgan fingerprint density at radius 1 is 1.00 bits per heavy atom. The van der Waals surface area contributed by atoms with E-state index in [1.807, 2.05) is 19.1 Å². The Morgan fingerprint density at radius 2 is 1.70 bits per heavy atom. The number of aryl methyl sites for hydroxylation is 1. The number of rotatable bonds is 9. The highest BCUT2D eigenvalue weighted by Crippen LogP contribution is 2.39. The molecule has 0 aliphatic heterocycles. The number of hydrogen-bond acceptors (Lipinski definition) is 9. The summed E-state index contributed by atoms with van der Waals surface area (Å²) in [6, 6.07) is 15.6. The molecule has 0 atom stereocenters. The number of para-hydroxylation sites is 2. The Balaban J connectivity index is 1.76. The van der Waals surface area contributed by atoms with Crippen LogP contribution in [0.5, 0.6) is 23.3 Å². The predicted molar refractivity (Wildman–Crippen MR) is 136 cm³/mol. The van der Waals surface area contributed by atoms with Crippen LogP contribution >= 0.6 is 0 Å². The van der Waals surface area contributed by atoms with Gasteiger partial charge in [-0.3, -0.25) is 0 Å². The van der Waals surface area contributed by atoms with Crippen molar-refractivity contribution < 1.29 is 28.5 Å². The van der Waals surface area contributed by atoms with E-state index in [1.54, 1.807) is 36.4 Å². The number of sulfonamides is 1. The van der Waals surface area contributed by atoms with Crippen LogP contribution in [0, 0.1) is 6.92 Å². The van der Waals surface area contributed by atoms with Gasteiger partial charge in [-0.05, 0) is 30.7 Å². The van der Waals surface area contributed by atoms with Gasteiger partial charge in [-0.2, -0.15) is 4.31 Å². The van der Waals surface area contributed by atoms with Gasteiger partial charge in [0, 0.05) is 31.8 Å². The Morgan fingerprint density at radius 3 is 2.43 bits per heavy atom. The fourth-order valence-corrected chi connectivity index (χ4v) is 5.10. The maximum absolute atomic E-state index is 13.5. The Bertz CT molecular complexity index is 1540. The van der Waals surface area contributed by atoms with Crippen LogP contribution < -0.4 is 10.5 Å². The van der Waals surface area contributed by atoms with E-state index in [0.29, 0.717) is 23.5 Å². The van der Waals surface area contributed by atoms with Gasteiger partial charge in [0.1, 0.15) is 28.8 Å². The first-order valence-corrected chi connectivity index (χ1v) is 12.7. The van der Waals surface area contributed by atoms with E-state index in [2.05, 4.69) is 10.2 Å². The molecule has 4 aromatic rings. The quantitative estimate of drug-likeness (QED) is 0.257. The van der Waals surface area contributed by atoms with Gasteiger partial charge in [0.15, 0.2) is 5.82 Å². The molecule has 1 aromatic heterocycles. The maximum Gasteiger partial charge on any atom is 0.319 e. The number of aromatic nitrogens is 3. The lowest BCUT2D eigenvalue weighted by molar-refractivity contribution is 0.321. The predicted octanol–water partition coefficient (Wildman–Crippen LogP) is 2.52. The molecule has 0 amide bonds. The standard InChI is InChI=1S/C25H27N5O6S/c1-16-7-3-5-9-19(16)30-24(27-28-25(30)33)18-13-23(21(32)14-20(18)31)37(34,35)29(2)15-17-8-4-6-10-22(17)36-12-11-26/h3-10,13-14,31-32H,11-12,15,26H2,1-2H3,(H,28,33).